The van der Waals surface area contributed by atoms with Gasteiger partial charge in [0.25, 0.3) is 11.8 Å². The first kappa shape index (κ1) is 19.5. The van der Waals surface area contributed by atoms with Crippen LogP contribution in [0.15, 0.2) is 36.4 Å². The molecule has 0 fully saturated rings. The Hall–Kier alpha value is -3.20. The summed E-state index contributed by atoms with van der Waals surface area (Å²) in [5, 5.41) is 2.53. The Bertz CT molecular complexity index is 1290. The Morgan fingerprint density at radius 2 is 1.97 bits per heavy atom. The predicted octanol–water partition coefficient (Wildman–Crippen LogP) is 2.99. The van der Waals surface area contributed by atoms with E-state index in [1.807, 2.05) is 0 Å². The molecule has 1 heterocycles. The summed E-state index contributed by atoms with van der Waals surface area (Å²) in [6.45, 7) is 0.942. The van der Waals surface area contributed by atoms with Crippen LogP contribution in [0, 0.1) is 0 Å². The lowest BCUT2D eigenvalue weighted by atomic mass is 10.0. The summed E-state index contributed by atoms with van der Waals surface area (Å²) in [6.07, 6.45) is 0.722. The van der Waals surface area contributed by atoms with Crippen molar-refractivity contribution in [3.05, 3.63) is 58.7 Å². The summed E-state index contributed by atoms with van der Waals surface area (Å²) in [6, 6.07) is 7.70. The van der Waals surface area contributed by atoms with Crippen LogP contribution >= 0.6 is 0 Å². The Balaban J connectivity index is 2.12. The van der Waals surface area contributed by atoms with Crippen LogP contribution in [-0.2, 0) is 21.1 Å². The van der Waals surface area contributed by atoms with Crippen LogP contribution in [0.4, 0.5) is 5.69 Å². The molecule has 170 valence electrons. The molecule has 0 saturated carbocycles. The fourth-order valence-corrected chi connectivity index (χ4v) is 4.62. The molecule has 1 aliphatic heterocycles. The SMILES string of the molecule is [2H]C([2H])([2H])Cc1ccc([C@@H](CS(C)(=O)=O)N2C(=O)c3cccc(NC(C)=O)c3C2=O)cc1OCC. The summed E-state index contributed by atoms with van der Waals surface area (Å²) < 4.78 is 52.9. The molecule has 2 aromatic rings. The van der Waals surface area contributed by atoms with Gasteiger partial charge in [-0.2, -0.15) is 0 Å². The normalized spacial score (nSPS) is 16.1. The monoisotopic (exact) mass is 461 g/mol. The van der Waals surface area contributed by atoms with Crippen LogP contribution in [0.25, 0.3) is 0 Å². The molecule has 1 atom stereocenters. The van der Waals surface area contributed by atoms with Gasteiger partial charge >= 0.3 is 0 Å². The fourth-order valence-electron chi connectivity index (χ4n) is 3.70. The van der Waals surface area contributed by atoms with Crippen molar-refractivity contribution in [1.29, 1.82) is 0 Å². The van der Waals surface area contributed by atoms with Crippen LogP contribution in [0.2, 0.25) is 0 Å². The Labute approximate surface area is 191 Å². The molecule has 1 aliphatic rings. The number of nitrogens with one attached hydrogen (secondary N) is 1. The van der Waals surface area contributed by atoms with E-state index in [1.54, 1.807) is 6.92 Å². The van der Waals surface area contributed by atoms with Crippen molar-refractivity contribution in [3.8, 4) is 5.75 Å². The highest BCUT2D eigenvalue weighted by atomic mass is 32.2. The van der Waals surface area contributed by atoms with Gasteiger partial charge in [-0.3, -0.25) is 19.3 Å². The first-order valence-corrected chi connectivity index (χ1v) is 12.0. The first-order valence-electron chi connectivity index (χ1n) is 11.4. The summed E-state index contributed by atoms with van der Waals surface area (Å²) in [5.74, 6) is -2.20. The molecular weight excluding hydrogens is 432 g/mol. The third-order valence-corrected chi connectivity index (χ3v) is 5.92. The number of hydrogen-bond acceptors (Lipinski definition) is 6. The number of benzene rings is 2. The summed E-state index contributed by atoms with van der Waals surface area (Å²) in [7, 11) is -3.68. The quantitative estimate of drug-likeness (QED) is 0.605. The van der Waals surface area contributed by atoms with Gasteiger partial charge in [-0.25, -0.2) is 8.42 Å². The number of ether oxygens (including phenoxy) is 1. The third kappa shape index (κ3) is 4.67. The van der Waals surface area contributed by atoms with Crippen molar-refractivity contribution >= 4 is 33.2 Å². The second kappa shape index (κ2) is 9.12. The van der Waals surface area contributed by atoms with E-state index < -0.39 is 46.2 Å². The van der Waals surface area contributed by atoms with Crippen molar-refractivity contribution in [2.75, 3.05) is 23.9 Å². The average Bonchev–Trinajstić information content (AvgIpc) is 2.97. The van der Waals surface area contributed by atoms with Gasteiger partial charge in [0.1, 0.15) is 15.6 Å². The predicted molar refractivity (Wildman–Crippen MR) is 121 cm³/mol. The lowest BCUT2D eigenvalue weighted by molar-refractivity contribution is -0.114. The molecule has 3 rings (SSSR count). The van der Waals surface area contributed by atoms with Gasteiger partial charge in [0, 0.05) is 17.3 Å². The van der Waals surface area contributed by atoms with E-state index in [2.05, 4.69) is 5.32 Å². The van der Waals surface area contributed by atoms with E-state index in [0.29, 0.717) is 11.1 Å². The number of anilines is 1. The largest absolute Gasteiger partial charge is 0.494 e. The number of fused-ring (bicyclic) bond motifs is 1. The zero-order chi connectivity index (χ0) is 26.1. The standard InChI is InChI=1S/C23H26N2O6S/c1-5-15-10-11-16(12-20(15)31-6-2)19(13-32(4,29)30)25-22(27)17-8-7-9-18(24-14(3)26)21(17)23(25)28/h7-12,19H,5-6,13H2,1-4H3,(H,24,26)/t19-/m1/s1/i1D3. The van der Waals surface area contributed by atoms with Crippen LogP contribution in [0.5, 0.6) is 5.75 Å². The molecular formula is C23H26N2O6S. The number of nitrogens with zero attached hydrogens (tertiary/aromatic N) is 1. The topological polar surface area (TPSA) is 110 Å². The van der Waals surface area contributed by atoms with Crippen LogP contribution in [-0.4, -0.2) is 49.7 Å². The van der Waals surface area contributed by atoms with Crippen LogP contribution < -0.4 is 10.1 Å². The third-order valence-electron chi connectivity index (χ3n) is 5.00. The average molecular weight is 462 g/mol. The number of sulfone groups is 1. The molecule has 0 saturated heterocycles. The number of carbonyl (C=O) groups is 3. The van der Waals surface area contributed by atoms with Gasteiger partial charge in [0.05, 0.1) is 35.2 Å². The molecule has 8 nitrogen and oxygen atoms in total. The molecule has 0 radical (unpaired) electrons. The van der Waals surface area contributed by atoms with Crippen molar-refractivity contribution in [1.82, 2.24) is 4.90 Å². The fraction of sp³-hybridized carbons (Fsp3) is 0.348. The van der Waals surface area contributed by atoms with Gasteiger partial charge in [-0.1, -0.05) is 25.1 Å². The zero-order valence-electron chi connectivity index (χ0n) is 21.0. The van der Waals surface area contributed by atoms with E-state index in [-0.39, 0.29) is 35.6 Å². The van der Waals surface area contributed by atoms with Crippen molar-refractivity contribution < 1.29 is 31.7 Å². The lowest BCUT2D eigenvalue weighted by Gasteiger charge is -2.27. The minimum Gasteiger partial charge on any atom is -0.494 e. The maximum atomic E-state index is 13.4. The molecule has 0 bridgehead atoms. The highest BCUT2D eigenvalue weighted by Crippen LogP contribution is 2.37. The molecule has 9 heteroatoms. The highest BCUT2D eigenvalue weighted by molar-refractivity contribution is 7.90. The number of aryl methyl sites for hydroxylation is 1. The number of amides is 3. The van der Waals surface area contributed by atoms with Gasteiger partial charge < -0.3 is 10.1 Å². The van der Waals surface area contributed by atoms with Crippen molar-refractivity contribution in [2.24, 2.45) is 0 Å². The second-order valence-electron chi connectivity index (χ2n) is 7.47. The Kier molecular flexibility index (Phi) is 5.55. The van der Waals surface area contributed by atoms with Gasteiger partial charge in [0.2, 0.25) is 5.91 Å². The van der Waals surface area contributed by atoms with Gasteiger partial charge in [0.15, 0.2) is 0 Å². The summed E-state index contributed by atoms with van der Waals surface area (Å²) in [4.78, 5) is 39.2. The van der Waals surface area contributed by atoms with E-state index in [0.717, 1.165) is 11.2 Å². The van der Waals surface area contributed by atoms with Crippen molar-refractivity contribution in [3.63, 3.8) is 0 Å². The summed E-state index contributed by atoms with van der Waals surface area (Å²) >= 11 is 0. The van der Waals surface area contributed by atoms with Crippen LogP contribution in [0.3, 0.4) is 0 Å². The number of rotatable bonds is 8. The van der Waals surface area contributed by atoms with Crippen molar-refractivity contribution in [2.45, 2.75) is 33.2 Å². The molecule has 3 amide bonds. The molecule has 32 heavy (non-hydrogen) atoms. The maximum Gasteiger partial charge on any atom is 0.264 e. The van der Waals surface area contributed by atoms with Crippen LogP contribution in [0.1, 0.15) is 62.7 Å². The molecule has 0 spiro atoms. The number of hydrogen-bond donors (Lipinski definition) is 1. The maximum absolute atomic E-state index is 13.4. The smallest absolute Gasteiger partial charge is 0.264 e. The van der Waals surface area contributed by atoms with E-state index in [4.69, 9.17) is 8.85 Å². The Morgan fingerprint density at radius 1 is 1.22 bits per heavy atom. The zero-order valence-corrected chi connectivity index (χ0v) is 18.8. The number of imide groups is 1. The minimum atomic E-state index is -3.68. The van der Waals surface area contributed by atoms with E-state index in [9.17, 15) is 22.8 Å². The molecule has 1 N–H and O–H groups in total. The lowest BCUT2D eigenvalue weighted by Crippen LogP contribution is -2.37. The molecule has 0 unspecified atom stereocenters. The first-order chi connectivity index (χ1) is 16.2. The van der Waals surface area contributed by atoms with E-state index >= 15 is 0 Å². The molecule has 0 aliphatic carbocycles. The molecule has 2 aromatic carbocycles. The Morgan fingerprint density at radius 3 is 2.59 bits per heavy atom. The molecule has 0 aromatic heterocycles. The number of carbonyl (C=O) groups excluding carboxylic acids is 3. The van der Waals surface area contributed by atoms with E-state index in [1.165, 1.54) is 43.3 Å². The highest BCUT2D eigenvalue weighted by Gasteiger charge is 2.43. The summed E-state index contributed by atoms with van der Waals surface area (Å²) in [5.41, 5.74) is 0.865. The van der Waals surface area contributed by atoms with Gasteiger partial charge in [-0.05, 0) is 42.7 Å². The van der Waals surface area contributed by atoms with Gasteiger partial charge in [-0.15, -0.1) is 0 Å². The second-order valence-corrected chi connectivity index (χ2v) is 9.66. The minimum absolute atomic E-state index is 0.0183.